The predicted octanol–water partition coefficient (Wildman–Crippen LogP) is 0.436. The monoisotopic (exact) mass is 261 g/mol. The first kappa shape index (κ1) is 14.1. The molecule has 0 unspecified atom stereocenters. The fourth-order valence-corrected chi connectivity index (χ4v) is 2.41. The number of sulfonamides is 1. The zero-order valence-corrected chi connectivity index (χ0v) is 11.0. The molecule has 0 fully saturated rings. The zero-order valence-electron chi connectivity index (χ0n) is 10.2. The van der Waals surface area contributed by atoms with Crippen LogP contribution in [0, 0.1) is 0 Å². The summed E-state index contributed by atoms with van der Waals surface area (Å²) in [6, 6.07) is 0. The van der Waals surface area contributed by atoms with Crippen molar-refractivity contribution < 1.29 is 12.8 Å². The molecule has 1 aromatic rings. The molecule has 0 spiro atoms. The number of hydrogen-bond acceptors (Lipinski definition) is 5. The largest absolute Gasteiger partial charge is 0.447 e. The molecule has 7 heteroatoms. The number of rotatable bonds is 8. The number of aromatic nitrogens is 1. The molecular formula is C10H19N3O3S. The Morgan fingerprint density at radius 3 is 2.82 bits per heavy atom. The highest BCUT2D eigenvalue weighted by Gasteiger charge is 2.12. The summed E-state index contributed by atoms with van der Waals surface area (Å²) >= 11 is 0. The standard InChI is InChI=1S/C10H19N3O3S/c1-3-13(17(2,14)15)6-4-5-11-7-10-8-12-9-16-10/h8-9,11H,3-7H2,1-2H3. The number of hydrogen-bond donors (Lipinski definition) is 1. The maximum absolute atomic E-state index is 11.3. The molecule has 1 rings (SSSR count). The molecule has 98 valence electrons. The van der Waals surface area contributed by atoms with Crippen LogP contribution in [0.3, 0.4) is 0 Å². The molecule has 1 N–H and O–H groups in total. The third kappa shape index (κ3) is 5.29. The number of nitrogens with one attached hydrogen (secondary N) is 1. The second-order valence-corrected chi connectivity index (χ2v) is 5.74. The molecule has 0 atom stereocenters. The van der Waals surface area contributed by atoms with Crippen molar-refractivity contribution in [3.63, 3.8) is 0 Å². The Hall–Kier alpha value is -0.920. The van der Waals surface area contributed by atoms with Crippen molar-refractivity contribution in [1.29, 1.82) is 0 Å². The molecule has 0 aromatic carbocycles. The molecule has 1 heterocycles. The smallest absolute Gasteiger partial charge is 0.211 e. The quantitative estimate of drug-likeness (QED) is 0.687. The molecule has 17 heavy (non-hydrogen) atoms. The average molecular weight is 261 g/mol. The van der Waals surface area contributed by atoms with Crippen LogP contribution in [0.4, 0.5) is 0 Å². The molecule has 1 aromatic heterocycles. The minimum atomic E-state index is -3.07. The Kier molecular flexibility index (Phi) is 5.60. The number of oxazole rings is 1. The van der Waals surface area contributed by atoms with E-state index in [4.69, 9.17) is 4.42 Å². The van der Waals surface area contributed by atoms with Crippen LogP contribution >= 0.6 is 0 Å². The lowest BCUT2D eigenvalue weighted by molar-refractivity contribution is 0.413. The SMILES string of the molecule is CCN(CCCNCc1cnco1)S(C)(=O)=O. The predicted molar refractivity (Wildman–Crippen MR) is 64.9 cm³/mol. The molecule has 0 saturated heterocycles. The Morgan fingerprint density at radius 2 is 2.29 bits per heavy atom. The highest BCUT2D eigenvalue weighted by Crippen LogP contribution is 1.99. The summed E-state index contributed by atoms with van der Waals surface area (Å²) in [4.78, 5) is 3.80. The highest BCUT2D eigenvalue weighted by molar-refractivity contribution is 7.88. The first-order valence-electron chi connectivity index (χ1n) is 5.57. The van der Waals surface area contributed by atoms with Gasteiger partial charge in [0.05, 0.1) is 19.0 Å². The highest BCUT2D eigenvalue weighted by atomic mass is 32.2. The lowest BCUT2D eigenvalue weighted by atomic mass is 10.4. The summed E-state index contributed by atoms with van der Waals surface area (Å²) in [6.07, 6.45) is 5.05. The maximum atomic E-state index is 11.3. The lowest BCUT2D eigenvalue weighted by Crippen LogP contribution is -2.32. The van der Waals surface area contributed by atoms with Crippen LogP contribution in [0.25, 0.3) is 0 Å². The van der Waals surface area contributed by atoms with Crippen LogP contribution in [-0.2, 0) is 16.6 Å². The van der Waals surface area contributed by atoms with Gasteiger partial charge < -0.3 is 9.73 Å². The number of nitrogens with zero attached hydrogens (tertiary/aromatic N) is 2. The summed E-state index contributed by atoms with van der Waals surface area (Å²) in [5, 5.41) is 3.16. The first-order valence-corrected chi connectivity index (χ1v) is 7.42. The minimum absolute atomic E-state index is 0.515. The van der Waals surface area contributed by atoms with E-state index >= 15 is 0 Å². The molecule has 6 nitrogen and oxygen atoms in total. The summed E-state index contributed by atoms with van der Waals surface area (Å²) in [5.41, 5.74) is 0. The van der Waals surface area contributed by atoms with Gasteiger partial charge in [0, 0.05) is 13.1 Å². The van der Waals surface area contributed by atoms with Gasteiger partial charge in [0.2, 0.25) is 10.0 Å². The van der Waals surface area contributed by atoms with E-state index in [0.717, 1.165) is 18.7 Å². The van der Waals surface area contributed by atoms with E-state index in [1.54, 1.807) is 6.20 Å². The van der Waals surface area contributed by atoms with Gasteiger partial charge in [-0.15, -0.1) is 0 Å². The van der Waals surface area contributed by atoms with Crippen LogP contribution in [0.1, 0.15) is 19.1 Å². The summed E-state index contributed by atoms with van der Waals surface area (Å²) in [5.74, 6) is 0.778. The van der Waals surface area contributed by atoms with Gasteiger partial charge in [-0.1, -0.05) is 6.92 Å². The van der Waals surface area contributed by atoms with Gasteiger partial charge in [-0.2, -0.15) is 0 Å². The average Bonchev–Trinajstić information content (AvgIpc) is 2.74. The Bertz CT molecular complexity index is 402. The van der Waals surface area contributed by atoms with E-state index in [-0.39, 0.29) is 0 Å². The fourth-order valence-electron chi connectivity index (χ4n) is 1.48. The van der Waals surface area contributed by atoms with Crippen molar-refractivity contribution >= 4 is 10.0 Å². The second kappa shape index (κ2) is 6.73. The molecule has 0 saturated carbocycles. The minimum Gasteiger partial charge on any atom is -0.447 e. The van der Waals surface area contributed by atoms with Gasteiger partial charge in [-0.3, -0.25) is 0 Å². The van der Waals surface area contributed by atoms with E-state index in [1.807, 2.05) is 6.92 Å². The van der Waals surface area contributed by atoms with Crippen molar-refractivity contribution in [3.8, 4) is 0 Å². The Balaban J connectivity index is 2.15. The molecular weight excluding hydrogens is 242 g/mol. The van der Waals surface area contributed by atoms with Crippen molar-refractivity contribution in [2.75, 3.05) is 25.9 Å². The van der Waals surface area contributed by atoms with Gasteiger partial charge in [0.1, 0.15) is 5.76 Å². The van der Waals surface area contributed by atoms with Crippen LogP contribution in [0.2, 0.25) is 0 Å². The van der Waals surface area contributed by atoms with Gasteiger partial charge in [-0.25, -0.2) is 17.7 Å². The van der Waals surface area contributed by atoms with E-state index < -0.39 is 10.0 Å². The first-order chi connectivity index (χ1) is 8.04. The normalized spacial score (nSPS) is 12.2. The van der Waals surface area contributed by atoms with E-state index in [0.29, 0.717) is 19.6 Å². The molecule has 0 radical (unpaired) electrons. The van der Waals surface area contributed by atoms with Crippen molar-refractivity contribution in [2.45, 2.75) is 19.9 Å². The lowest BCUT2D eigenvalue weighted by Gasteiger charge is -2.17. The topological polar surface area (TPSA) is 75.4 Å². The maximum Gasteiger partial charge on any atom is 0.211 e. The van der Waals surface area contributed by atoms with Crippen molar-refractivity contribution in [1.82, 2.24) is 14.6 Å². The van der Waals surface area contributed by atoms with Crippen LogP contribution in [-0.4, -0.2) is 43.6 Å². The second-order valence-electron chi connectivity index (χ2n) is 3.75. The van der Waals surface area contributed by atoms with E-state index in [9.17, 15) is 8.42 Å². The molecule has 0 aliphatic rings. The van der Waals surface area contributed by atoms with Crippen molar-refractivity contribution in [2.24, 2.45) is 0 Å². The van der Waals surface area contributed by atoms with Crippen LogP contribution < -0.4 is 5.32 Å². The molecule has 0 aliphatic heterocycles. The van der Waals surface area contributed by atoms with Crippen LogP contribution in [0.15, 0.2) is 17.0 Å². The van der Waals surface area contributed by atoms with E-state index in [2.05, 4.69) is 10.3 Å². The third-order valence-electron chi connectivity index (χ3n) is 2.37. The Morgan fingerprint density at radius 1 is 1.53 bits per heavy atom. The van der Waals surface area contributed by atoms with Gasteiger partial charge in [0.15, 0.2) is 6.39 Å². The molecule has 0 aliphatic carbocycles. The summed E-state index contributed by atoms with van der Waals surface area (Å²) in [7, 11) is -3.07. The van der Waals surface area contributed by atoms with Crippen LogP contribution in [0.5, 0.6) is 0 Å². The fraction of sp³-hybridized carbons (Fsp3) is 0.700. The summed E-state index contributed by atoms with van der Waals surface area (Å²) in [6.45, 7) is 4.25. The Labute approximate surface area is 102 Å². The van der Waals surface area contributed by atoms with Gasteiger partial charge in [-0.05, 0) is 13.0 Å². The zero-order chi connectivity index (χ0) is 12.7. The van der Waals surface area contributed by atoms with Gasteiger partial charge >= 0.3 is 0 Å². The van der Waals surface area contributed by atoms with E-state index in [1.165, 1.54) is 17.0 Å². The van der Waals surface area contributed by atoms with Crippen molar-refractivity contribution in [3.05, 3.63) is 18.4 Å². The van der Waals surface area contributed by atoms with Gasteiger partial charge in [0.25, 0.3) is 0 Å². The third-order valence-corrected chi connectivity index (χ3v) is 3.74. The molecule has 0 bridgehead atoms. The summed E-state index contributed by atoms with van der Waals surface area (Å²) < 4.78 is 29.1. The molecule has 0 amide bonds.